The second-order valence-corrected chi connectivity index (χ2v) is 6.62. The maximum Gasteiger partial charge on any atom is 0.302 e. The Balaban J connectivity index is 1.57. The highest BCUT2D eigenvalue weighted by molar-refractivity contribution is 5.70. The van der Waals surface area contributed by atoms with Crippen LogP contribution in [0.5, 0.6) is 0 Å². The summed E-state index contributed by atoms with van der Waals surface area (Å²) in [5.74, 6) is -1.93. The average Bonchev–Trinajstić information content (AvgIpc) is 3.06. The fourth-order valence-corrected chi connectivity index (χ4v) is 2.78. The van der Waals surface area contributed by atoms with Gasteiger partial charge < -0.3 is 29.2 Å². The van der Waals surface area contributed by atoms with E-state index in [9.17, 15) is 9.59 Å². The summed E-state index contributed by atoms with van der Waals surface area (Å²) >= 11 is 0. The van der Waals surface area contributed by atoms with Gasteiger partial charge in [-0.1, -0.05) is 0 Å². The van der Waals surface area contributed by atoms with Crippen molar-refractivity contribution in [3.8, 4) is 0 Å². The number of aryl methyl sites for hydroxylation is 1. The minimum absolute atomic E-state index is 0.0967. The van der Waals surface area contributed by atoms with Gasteiger partial charge in [-0.25, -0.2) is 9.97 Å². The largest absolute Gasteiger partial charge is 0.460 e. The van der Waals surface area contributed by atoms with E-state index in [2.05, 4.69) is 15.0 Å². The predicted octanol–water partition coefficient (Wildman–Crippen LogP) is 0.284. The fraction of sp³-hybridized carbons (Fsp3) is 0.588. The highest BCUT2D eigenvalue weighted by Crippen LogP contribution is 2.25. The summed E-state index contributed by atoms with van der Waals surface area (Å²) in [7, 11) is 0. The van der Waals surface area contributed by atoms with Gasteiger partial charge in [0.1, 0.15) is 18.7 Å². The maximum absolute atomic E-state index is 11.1. The number of aromatic nitrogens is 4. The van der Waals surface area contributed by atoms with Crippen LogP contribution in [0.3, 0.4) is 0 Å². The molecule has 0 aromatic carbocycles. The number of anilines is 1. The first-order valence-corrected chi connectivity index (χ1v) is 8.85. The number of nitrogen functional groups attached to an aromatic ring is 1. The van der Waals surface area contributed by atoms with Crippen LogP contribution in [0.15, 0.2) is 12.5 Å². The van der Waals surface area contributed by atoms with Gasteiger partial charge in [-0.15, -0.1) is 0 Å². The molecule has 3 rings (SSSR count). The van der Waals surface area contributed by atoms with Crippen molar-refractivity contribution < 1.29 is 28.5 Å². The lowest BCUT2D eigenvalue weighted by Gasteiger charge is -2.38. The molecule has 2 N–H and O–H groups in total. The van der Waals surface area contributed by atoms with E-state index in [4.69, 9.17) is 24.7 Å². The van der Waals surface area contributed by atoms with E-state index in [1.165, 1.54) is 13.8 Å². The van der Waals surface area contributed by atoms with Gasteiger partial charge in [0.15, 0.2) is 5.65 Å². The van der Waals surface area contributed by atoms with Gasteiger partial charge in [0.2, 0.25) is 11.7 Å². The summed E-state index contributed by atoms with van der Waals surface area (Å²) in [5.41, 5.74) is 6.99. The van der Waals surface area contributed by atoms with E-state index in [1.807, 2.05) is 4.57 Å². The molecular weight excluding hydrogens is 370 g/mol. The van der Waals surface area contributed by atoms with Crippen molar-refractivity contribution in [1.82, 2.24) is 19.5 Å². The summed E-state index contributed by atoms with van der Waals surface area (Å²) in [5, 5.41) is 0. The number of nitrogens with zero attached hydrogens (tertiary/aromatic N) is 4. The van der Waals surface area contributed by atoms with Crippen LogP contribution in [-0.2, 0) is 35.1 Å². The molecule has 0 aliphatic carbocycles. The zero-order chi connectivity index (χ0) is 20.1. The van der Waals surface area contributed by atoms with Crippen molar-refractivity contribution in [2.24, 2.45) is 5.92 Å². The first kappa shape index (κ1) is 20.0. The van der Waals surface area contributed by atoms with Crippen LogP contribution in [0.1, 0.15) is 20.3 Å². The Hall–Kier alpha value is -2.79. The lowest BCUT2D eigenvalue weighted by Crippen LogP contribution is -2.51. The second kappa shape index (κ2) is 8.48. The topological polar surface area (TPSA) is 141 Å². The van der Waals surface area contributed by atoms with Crippen molar-refractivity contribution in [1.29, 1.82) is 0 Å². The van der Waals surface area contributed by atoms with E-state index in [-0.39, 0.29) is 25.1 Å². The Labute approximate surface area is 161 Å². The summed E-state index contributed by atoms with van der Waals surface area (Å²) in [4.78, 5) is 34.6. The van der Waals surface area contributed by atoms with Crippen LogP contribution in [0.25, 0.3) is 11.2 Å². The Morgan fingerprint density at radius 3 is 2.46 bits per heavy atom. The summed E-state index contributed by atoms with van der Waals surface area (Å²) < 4.78 is 23.5. The molecule has 0 bridgehead atoms. The molecule has 0 unspecified atom stereocenters. The SMILES string of the molecule is CC(=O)OCC1(COC(C)=O)OCC(CCn2cnc3cnc(N)nc32)CO1. The quantitative estimate of drug-likeness (QED) is 0.652. The number of fused-ring (bicyclic) bond motifs is 1. The monoisotopic (exact) mass is 393 g/mol. The molecule has 2 aromatic rings. The van der Waals surface area contributed by atoms with Gasteiger partial charge in [0, 0.05) is 26.3 Å². The molecule has 11 heteroatoms. The predicted molar refractivity (Wildman–Crippen MR) is 95.7 cm³/mol. The Bertz CT molecular complexity index is 826. The highest BCUT2D eigenvalue weighted by Gasteiger charge is 2.40. The van der Waals surface area contributed by atoms with Gasteiger partial charge in [0.25, 0.3) is 0 Å². The molecule has 28 heavy (non-hydrogen) atoms. The molecule has 11 nitrogen and oxygen atoms in total. The van der Waals surface area contributed by atoms with Crippen LogP contribution < -0.4 is 5.73 Å². The molecule has 1 fully saturated rings. The van der Waals surface area contributed by atoms with Gasteiger partial charge in [0.05, 0.1) is 25.7 Å². The van der Waals surface area contributed by atoms with Crippen molar-refractivity contribution in [2.45, 2.75) is 32.6 Å². The minimum Gasteiger partial charge on any atom is -0.460 e. The van der Waals surface area contributed by atoms with E-state index in [0.29, 0.717) is 30.9 Å². The van der Waals surface area contributed by atoms with Crippen LogP contribution >= 0.6 is 0 Å². The van der Waals surface area contributed by atoms with Gasteiger partial charge >= 0.3 is 11.9 Å². The standard InChI is InChI=1S/C17H23N5O6/c1-11(23)25-8-17(9-26-12(2)24)27-6-13(7-28-17)3-4-22-10-20-14-5-19-16(18)21-15(14)22/h5,10,13H,3-4,6-9H2,1-2H3,(H2,18,19,21). The third-order valence-corrected chi connectivity index (χ3v) is 4.31. The van der Waals surface area contributed by atoms with Crippen molar-refractivity contribution in [3.05, 3.63) is 12.5 Å². The third kappa shape index (κ3) is 4.93. The number of imidazole rings is 1. The molecule has 0 spiro atoms. The number of hydrogen-bond acceptors (Lipinski definition) is 10. The Morgan fingerprint density at radius 2 is 1.86 bits per heavy atom. The summed E-state index contributed by atoms with van der Waals surface area (Å²) in [6, 6.07) is 0. The number of nitrogens with two attached hydrogens (primary N) is 1. The smallest absolute Gasteiger partial charge is 0.302 e. The van der Waals surface area contributed by atoms with E-state index < -0.39 is 17.7 Å². The van der Waals surface area contributed by atoms with Crippen molar-refractivity contribution >= 4 is 29.1 Å². The second-order valence-electron chi connectivity index (χ2n) is 6.62. The molecule has 3 heterocycles. The molecule has 1 aliphatic heterocycles. The number of rotatable bonds is 7. The lowest BCUT2D eigenvalue weighted by atomic mass is 10.1. The van der Waals surface area contributed by atoms with E-state index in [0.717, 1.165) is 6.42 Å². The number of carbonyl (C=O) groups is 2. The number of carbonyl (C=O) groups excluding carboxylic acids is 2. The van der Waals surface area contributed by atoms with Crippen molar-refractivity contribution in [3.63, 3.8) is 0 Å². The first-order chi connectivity index (χ1) is 13.4. The van der Waals surface area contributed by atoms with Crippen LogP contribution in [0.2, 0.25) is 0 Å². The minimum atomic E-state index is -1.28. The summed E-state index contributed by atoms with van der Waals surface area (Å²) in [6.07, 6.45) is 4.01. The lowest BCUT2D eigenvalue weighted by molar-refractivity contribution is -0.312. The Morgan fingerprint density at radius 1 is 1.21 bits per heavy atom. The zero-order valence-corrected chi connectivity index (χ0v) is 15.8. The third-order valence-electron chi connectivity index (χ3n) is 4.31. The number of ether oxygens (including phenoxy) is 4. The molecule has 0 radical (unpaired) electrons. The van der Waals surface area contributed by atoms with Crippen LogP contribution in [-0.4, -0.2) is 63.7 Å². The maximum atomic E-state index is 11.1. The molecule has 152 valence electrons. The molecule has 2 aromatic heterocycles. The Kier molecular flexibility index (Phi) is 6.05. The van der Waals surface area contributed by atoms with Gasteiger partial charge in [-0.2, -0.15) is 4.98 Å². The average molecular weight is 393 g/mol. The van der Waals surface area contributed by atoms with Crippen LogP contribution in [0.4, 0.5) is 5.95 Å². The zero-order valence-electron chi connectivity index (χ0n) is 15.8. The fourth-order valence-electron chi connectivity index (χ4n) is 2.78. The highest BCUT2D eigenvalue weighted by atomic mass is 16.7. The number of hydrogen-bond donors (Lipinski definition) is 1. The molecule has 0 atom stereocenters. The van der Waals surface area contributed by atoms with Gasteiger partial charge in [-0.3, -0.25) is 9.59 Å². The normalized spacial score (nSPS) is 16.8. The summed E-state index contributed by atoms with van der Waals surface area (Å²) in [6.45, 7) is 3.66. The van der Waals surface area contributed by atoms with E-state index in [1.54, 1.807) is 12.5 Å². The molecule has 0 saturated carbocycles. The number of esters is 2. The van der Waals surface area contributed by atoms with Crippen molar-refractivity contribution in [2.75, 3.05) is 32.2 Å². The molecule has 1 aliphatic rings. The molecule has 0 amide bonds. The first-order valence-electron chi connectivity index (χ1n) is 8.85. The molecular formula is C17H23N5O6. The van der Waals surface area contributed by atoms with Gasteiger partial charge in [-0.05, 0) is 6.42 Å². The van der Waals surface area contributed by atoms with E-state index >= 15 is 0 Å². The molecule has 1 saturated heterocycles. The van der Waals surface area contributed by atoms with Crippen LogP contribution in [0, 0.1) is 5.92 Å².